The van der Waals surface area contributed by atoms with E-state index in [2.05, 4.69) is 10.3 Å². The van der Waals surface area contributed by atoms with Gasteiger partial charge in [0.2, 0.25) is 5.91 Å². The highest BCUT2D eigenvalue weighted by molar-refractivity contribution is 7.98. The van der Waals surface area contributed by atoms with Gasteiger partial charge in [-0.1, -0.05) is 30.3 Å². The number of aromatic nitrogens is 2. The van der Waals surface area contributed by atoms with Gasteiger partial charge in [-0.25, -0.2) is 9.37 Å². The highest BCUT2D eigenvalue weighted by atomic mass is 35.5. The van der Waals surface area contributed by atoms with Crippen molar-refractivity contribution in [2.75, 3.05) is 11.6 Å². The Labute approximate surface area is 162 Å². The van der Waals surface area contributed by atoms with Crippen molar-refractivity contribution in [1.82, 2.24) is 9.55 Å². The molecule has 1 amide bonds. The van der Waals surface area contributed by atoms with E-state index in [1.54, 1.807) is 6.26 Å². The molecule has 0 radical (unpaired) electrons. The summed E-state index contributed by atoms with van der Waals surface area (Å²) in [4.78, 5) is 31.4. The van der Waals surface area contributed by atoms with Crippen LogP contribution in [0.1, 0.15) is 11.8 Å². The van der Waals surface area contributed by atoms with Crippen LogP contribution in [0.5, 0.6) is 0 Å². The average molecular weight is 412 g/mol. The molecule has 5 nitrogen and oxygen atoms in total. The molecular formula is C17H15ClFN3O2S2. The van der Waals surface area contributed by atoms with Crippen LogP contribution >= 0.6 is 34.7 Å². The first-order valence-electron chi connectivity index (χ1n) is 7.75. The zero-order valence-corrected chi connectivity index (χ0v) is 16.4. The number of nitrogens with one attached hydrogen (secondary N) is 1. The number of hydrogen-bond donors (Lipinski definition) is 1. The topological polar surface area (TPSA) is 64.0 Å². The van der Waals surface area contributed by atoms with Crippen LogP contribution in [0.2, 0.25) is 5.02 Å². The Bertz CT molecular complexity index is 1050. The van der Waals surface area contributed by atoms with Crippen molar-refractivity contribution in [3.8, 4) is 0 Å². The molecule has 3 aromatic rings. The Kier molecular flexibility index (Phi) is 5.64. The van der Waals surface area contributed by atoms with Gasteiger partial charge in [0.1, 0.15) is 17.2 Å². The number of hydrogen-bond acceptors (Lipinski definition) is 5. The largest absolute Gasteiger partial charge is 0.324 e. The number of thiophene rings is 1. The SMILES string of the molecule is CCc1cc2c(=O)n(CC(=O)Nc3ccc(F)c(Cl)c3)c(SC)nc2s1. The number of thioether (sulfide) groups is 1. The first kappa shape index (κ1) is 18.9. The van der Waals surface area contributed by atoms with Crippen molar-refractivity contribution in [2.45, 2.75) is 25.0 Å². The lowest BCUT2D eigenvalue weighted by atomic mass is 10.3. The van der Waals surface area contributed by atoms with Gasteiger partial charge in [0.15, 0.2) is 5.16 Å². The maximum Gasteiger partial charge on any atom is 0.263 e. The van der Waals surface area contributed by atoms with Crippen molar-refractivity contribution < 1.29 is 9.18 Å². The summed E-state index contributed by atoms with van der Waals surface area (Å²) in [5.74, 6) is -0.985. The van der Waals surface area contributed by atoms with Crippen LogP contribution in [-0.2, 0) is 17.8 Å². The molecule has 1 aromatic carbocycles. The van der Waals surface area contributed by atoms with Gasteiger partial charge >= 0.3 is 0 Å². The van der Waals surface area contributed by atoms with Gasteiger partial charge in [-0.05, 0) is 36.9 Å². The number of aryl methyl sites for hydroxylation is 1. The molecule has 0 aliphatic carbocycles. The van der Waals surface area contributed by atoms with Gasteiger partial charge in [0.05, 0.1) is 10.4 Å². The van der Waals surface area contributed by atoms with Gasteiger partial charge in [0, 0.05) is 10.6 Å². The van der Waals surface area contributed by atoms with E-state index in [9.17, 15) is 14.0 Å². The fourth-order valence-corrected chi connectivity index (χ4v) is 4.18. The Morgan fingerprint density at radius 1 is 1.42 bits per heavy atom. The Morgan fingerprint density at radius 3 is 2.85 bits per heavy atom. The molecule has 136 valence electrons. The van der Waals surface area contributed by atoms with E-state index < -0.39 is 11.7 Å². The number of benzene rings is 1. The third-order valence-electron chi connectivity index (χ3n) is 3.70. The smallest absolute Gasteiger partial charge is 0.263 e. The summed E-state index contributed by atoms with van der Waals surface area (Å²) in [6, 6.07) is 5.72. The molecule has 0 saturated carbocycles. The van der Waals surface area contributed by atoms with E-state index >= 15 is 0 Å². The Hall–Kier alpha value is -1.90. The predicted octanol–water partition coefficient (Wildman–Crippen LogP) is 4.17. The molecule has 0 atom stereocenters. The van der Waals surface area contributed by atoms with Gasteiger partial charge in [-0.15, -0.1) is 11.3 Å². The molecule has 0 fully saturated rings. The van der Waals surface area contributed by atoms with Crippen molar-refractivity contribution in [3.05, 3.63) is 50.3 Å². The summed E-state index contributed by atoms with van der Waals surface area (Å²) in [6.07, 6.45) is 2.62. The molecule has 3 rings (SSSR count). The molecule has 0 aliphatic heterocycles. The minimum Gasteiger partial charge on any atom is -0.324 e. The van der Waals surface area contributed by atoms with Gasteiger partial charge in [-0.3, -0.25) is 14.2 Å². The summed E-state index contributed by atoms with van der Waals surface area (Å²) >= 11 is 8.51. The molecule has 0 unspecified atom stereocenters. The lowest BCUT2D eigenvalue weighted by Crippen LogP contribution is -2.29. The summed E-state index contributed by atoms with van der Waals surface area (Å²) in [5.41, 5.74) is 0.112. The Morgan fingerprint density at radius 2 is 2.19 bits per heavy atom. The van der Waals surface area contributed by atoms with E-state index in [1.807, 2.05) is 13.0 Å². The highest BCUT2D eigenvalue weighted by Crippen LogP contribution is 2.24. The number of carbonyl (C=O) groups excluding carboxylic acids is 1. The standard InChI is InChI=1S/C17H15ClFN3O2S2/c1-3-10-7-11-15(26-10)21-17(25-2)22(16(11)24)8-14(23)20-9-4-5-13(19)12(18)6-9/h4-7H,3,8H2,1-2H3,(H,20,23). The van der Waals surface area contributed by atoms with Crippen LogP contribution < -0.4 is 10.9 Å². The summed E-state index contributed by atoms with van der Waals surface area (Å²) in [7, 11) is 0. The fraction of sp³-hybridized carbons (Fsp3) is 0.235. The van der Waals surface area contributed by atoms with E-state index in [0.717, 1.165) is 11.3 Å². The lowest BCUT2D eigenvalue weighted by Gasteiger charge is -2.11. The molecule has 0 bridgehead atoms. The Balaban J connectivity index is 1.91. The van der Waals surface area contributed by atoms with Crippen LogP contribution in [0, 0.1) is 5.82 Å². The van der Waals surface area contributed by atoms with Crippen molar-refractivity contribution in [3.63, 3.8) is 0 Å². The highest BCUT2D eigenvalue weighted by Gasteiger charge is 2.16. The number of anilines is 1. The molecule has 0 aliphatic rings. The molecule has 26 heavy (non-hydrogen) atoms. The van der Waals surface area contributed by atoms with Gasteiger partial charge < -0.3 is 5.32 Å². The van der Waals surface area contributed by atoms with E-state index in [-0.39, 0.29) is 17.1 Å². The van der Waals surface area contributed by atoms with E-state index in [4.69, 9.17) is 11.6 Å². The second-order valence-corrected chi connectivity index (χ2v) is 7.75. The number of rotatable bonds is 5. The van der Waals surface area contributed by atoms with Crippen LogP contribution in [0.15, 0.2) is 34.2 Å². The van der Waals surface area contributed by atoms with E-state index in [1.165, 1.54) is 45.9 Å². The molecule has 9 heteroatoms. The van der Waals surface area contributed by atoms with Crippen LogP contribution in [-0.4, -0.2) is 21.7 Å². The minimum absolute atomic E-state index is 0.0850. The predicted molar refractivity (Wildman–Crippen MR) is 105 cm³/mol. The second-order valence-electron chi connectivity index (χ2n) is 5.45. The maximum atomic E-state index is 13.2. The summed E-state index contributed by atoms with van der Waals surface area (Å²) < 4.78 is 14.6. The molecule has 1 N–H and O–H groups in total. The third-order valence-corrected chi connectivity index (χ3v) is 5.84. The van der Waals surface area contributed by atoms with Gasteiger partial charge in [-0.2, -0.15) is 0 Å². The lowest BCUT2D eigenvalue weighted by molar-refractivity contribution is -0.116. The van der Waals surface area contributed by atoms with Crippen LogP contribution in [0.25, 0.3) is 10.2 Å². The second kappa shape index (κ2) is 7.77. The average Bonchev–Trinajstić information content (AvgIpc) is 3.04. The first-order valence-corrected chi connectivity index (χ1v) is 10.2. The fourth-order valence-electron chi connectivity index (χ4n) is 2.43. The monoisotopic (exact) mass is 411 g/mol. The summed E-state index contributed by atoms with van der Waals surface area (Å²) in [5, 5.41) is 3.52. The zero-order chi connectivity index (χ0) is 18.8. The van der Waals surface area contributed by atoms with Crippen molar-refractivity contribution >= 4 is 56.5 Å². The number of halogens is 2. The summed E-state index contributed by atoms with van der Waals surface area (Å²) in [6.45, 7) is 1.82. The third kappa shape index (κ3) is 3.77. The molecule has 2 heterocycles. The van der Waals surface area contributed by atoms with Crippen LogP contribution in [0.3, 0.4) is 0 Å². The number of carbonyl (C=O) groups is 1. The molecule has 2 aromatic heterocycles. The molecule has 0 saturated heterocycles. The molecular weight excluding hydrogens is 397 g/mol. The van der Waals surface area contributed by atoms with Crippen molar-refractivity contribution in [2.24, 2.45) is 0 Å². The zero-order valence-electron chi connectivity index (χ0n) is 14.0. The number of amides is 1. The molecule has 0 spiro atoms. The van der Waals surface area contributed by atoms with Gasteiger partial charge in [0.25, 0.3) is 5.56 Å². The first-order chi connectivity index (χ1) is 12.4. The van der Waals surface area contributed by atoms with Crippen molar-refractivity contribution in [1.29, 1.82) is 0 Å². The number of nitrogens with zero attached hydrogens (tertiary/aromatic N) is 2. The number of fused-ring (bicyclic) bond motifs is 1. The normalized spacial score (nSPS) is 11.1. The maximum absolute atomic E-state index is 13.2. The minimum atomic E-state index is -0.565. The quantitative estimate of drug-likeness (QED) is 0.505. The van der Waals surface area contributed by atoms with E-state index in [0.29, 0.717) is 21.1 Å². The van der Waals surface area contributed by atoms with Crippen LogP contribution in [0.4, 0.5) is 10.1 Å².